The SMILES string of the molecule is C=Cc1c(/C=C\C)c2c(n1-c1ccc(/C(=C/C=C(\C)N(c3ccc(-c4ccccc4)cc3)c3ccc(-c4ccccc4)cc3)CC)cc1)C=CCC2. The van der Waals surface area contributed by atoms with Crippen molar-refractivity contribution >= 4 is 35.2 Å². The van der Waals surface area contributed by atoms with Crippen LogP contribution in [-0.2, 0) is 6.42 Å². The number of allylic oxidation sites excluding steroid dienone is 6. The fourth-order valence-corrected chi connectivity index (χ4v) is 7.33. The van der Waals surface area contributed by atoms with Crippen LogP contribution in [0.3, 0.4) is 0 Å². The second-order valence-electron chi connectivity index (χ2n) is 13.2. The van der Waals surface area contributed by atoms with E-state index in [4.69, 9.17) is 0 Å². The maximum Gasteiger partial charge on any atom is 0.0531 e. The molecule has 0 saturated carbocycles. The lowest BCUT2D eigenvalue weighted by molar-refractivity contribution is 0.955. The third kappa shape index (κ3) is 7.06. The number of benzene rings is 5. The van der Waals surface area contributed by atoms with E-state index in [-0.39, 0.29) is 0 Å². The molecule has 5 aromatic carbocycles. The minimum Gasteiger partial charge on any atom is -0.315 e. The fraction of sp³-hybridized carbons (Fsp3) is 0.120. The van der Waals surface area contributed by atoms with Gasteiger partial charge in [-0.15, -0.1) is 0 Å². The van der Waals surface area contributed by atoms with E-state index in [2.05, 4.69) is 207 Å². The van der Waals surface area contributed by atoms with Crippen molar-refractivity contribution in [3.63, 3.8) is 0 Å². The van der Waals surface area contributed by atoms with Crippen molar-refractivity contribution in [3.8, 4) is 27.9 Å². The lowest BCUT2D eigenvalue weighted by Gasteiger charge is -2.26. The number of hydrogen-bond donors (Lipinski definition) is 0. The molecule has 1 aromatic heterocycles. The van der Waals surface area contributed by atoms with Crippen LogP contribution in [0.2, 0.25) is 0 Å². The topological polar surface area (TPSA) is 8.17 Å². The monoisotopic (exact) mass is 674 g/mol. The first kappa shape index (κ1) is 34.3. The van der Waals surface area contributed by atoms with Gasteiger partial charge in [0.1, 0.15) is 0 Å². The Bertz CT molecular complexity index is 2180. The molecule has 52 heavy (non-hydrogen) atoms. The van der Waals surface area contributed by atoms with E-state index >= 15 is 0 Å². The molecule has 6 aromatic rings. The lowest BCUT2D eigenvalue weighted by Crippen LogP contribution is -2.14. The Morgan fingerprint density at radius 2 is 1.27 bits per heavy atom. The van der Waals surface area contributed by atoms with Crippen LogP contribution < -0.4 is 4.90 Å². The first-order valence-electron chi connectivity index (χ1n) is 18.4. The van der Waals surface area contributed by atoms with Crippen LogP contribution in [0.25, 0.3) is 51.7 Å². The van der Waals surface area contributed by atoms with Gasteiger partial charge in [0.05, 0.1) is 5.69 Å². The highest BCUT2D eigenvalue weighted by Gasteiger charge is 2.21. The molecule has 1 aliphatic carbocycles. The summed E-state index contributed by atoms with van der Waals surface area (Å²) in [7, 11) is 0. The molecule has 1 heterocycles. The highest BCUT2D eigenvalue weighted by atomic mass is 15.1. The number of nitrogens with zero attached hydrogens (tertiary/aromatic N) is 2. The summed E-state index contributed by atoms with van der Waals surface area (Å²) in [6, 6.07) is 47.9. The number of anilines is 2. The normalized spacial score (nSPS) is 13.0. The van der Waals surface area contributed by atoms with Gasteiger partial charge in [-0.25, -0.2) is 0 Å². The van der Waals surface area contributed by atoms with Gasteiger partial charge < -0.3 is 9.47 Å². The Hall–Kier alpha value is -6.12. The standard InChI is InChI=1S/C50H46N2/c1-5-16-47-48-21-14-15-22-50(48)52(49(47)7-3)46-35-25-41(26-36-46)38(6-2)24-23-37(4)51(44-31-27-42(28-32-44)39-17-10-8-11-18-39)45-33-29-43(30-34-45)40-19-12-9-13-20-40/h5,7-13,15-20,22-36H,3,6,14,21H2,1-2,4H3/b16-5-,37-23+,38-24+. The molecule has 1 aliphatic rings. The summed E-state index contributed by atoms with van der Waals surface area (Å²) < 4.78 is 2.36. The maximum absolute atomic E-state index is 4.20. The molecule has 0 atom stereocenters. The van der Waals surface area contributed by atoms with Crippen molar-refractivity contribution < 1.29 is 0 Å². The molecular formula is C50H46N2. The Kier molecular flexibility index (Phi) is 10.5. The quantitative estimate of drug-likeness (QED) is 0.124. The first-order chi connectivity index (χ1) is 25.6. The summed E-state index contributed by atoms with van der Waals surface area (Å²) in [4.78, 5) is 2.35. The average Bonchev–Trinajstić information content (AvgIpc) is 3.53. The molecule has 0 saturated heterocycles. The van der Waals surface area contributed by atoms with E-state index in [1.807, 2.05) is 6.08 Å². The minimum absolute atomic E-state index is 0.922. The Morgan fingerprint density at radius 1 is 0.712 bits per heavy atom. The molecule has 0 spiro atoms. The summed E-state index contributed by atoms with van der Waals surface area (Å²) in [5.41, 5.74) is 17.0. The summed E-state index contributed by atoms with van der Waals surface area (Å²) >= 11 is 0. The summed E-state index contributed by atoms with van der Waals surface area (Å²) in [5, 5.41) is 0. The number of aromatic nitrogens is 1. The zero-order chi connectivity index (χ0) is 35.9. The summed E-state index contributed by atoms with van der Waals surface area (Å²) in [6.45, 7) is 10.7. The highest BCUT2D eigenvalue weighted by Crippen LogP contribution is 2.36. The van der Waals surface area contributed by atoms with Gasteiger partial charge in [-0.3, -0.25) is 0 Å². The van der Waals surface area contributed by atoms with Gasteiger partial charge in [0, 0.05) is 34.0 Å². The van der Waals surface area contributed by atoms with E-state index in [0.717, 1.165) is 47.7 Å². The smallest absolute Gasteiger partial charge is 0.0531 e. The molecule has 0 fully saturated rings. The van der Waals surface area contributed by atoms with Crippen LogP contribution in [-0.4, -0.2) is 4.57 Å². The summed E-state index contributed by atoms with van der Waals surface area (Å²) in [6.07, 6.45) is 18.5. The Morgan fingerprint density at radius 3 is 1.79 bits per heavy atom. The van der Waals surface area contributed by atoms with Gasteiger partial charge in [-0.1, -0.05) is 135 Å². The van der Waals surface area contributed by atoms with Crippen LogP contribution >= 0.6 is 0 Å². The van der Waals surface area contributed by atoms with E-state index in [1.54, 1.807) is 0 Å². The molecule has 0 unspecified atom stereocenters. The third-order valence-corrected chi connectivity index (χ3v) is 9.98. The van der Waals surface area contributed by atoms with Crippen molar-refractivity contribution in [2.24, 2.45) is 0 Å². The van der Waals surface area contributed by atoms with Gasteiger partial charge in [-0.2, -0.15) is 0 Å². The van der Waals surface area contributed by atoms with Crippen molar-refractivity contribution in [3.05, 3.63) is 198 Å². The predicted octanol–water partition coefficient (Wildman–Crippen LogP) is 14.0. The van der Waals surface area contributed by atoms with Gasteiger partial charge >= 0.3 is 0 Å². The second-order valence-corrected chi connectivity index (χ2v) is 13.2. The van der Waals surface area contributed by atoms with Crippen molar-refractivity contribution in [1.82, 2.24) is 4.57 Å². The van der Waals surface area contributed by atoms with E-state index < -0.39 is 0 Å². The Labute approximate surface area is 309 Å². The first-order valence-corrected chi connectivity index (χ1v) is 18.4. The molecular weight excluding hydrogens is 629 g/mol. The predicted molar refractivity (Wildman–Crippen MR) is 226 cm³/mol. The molecule has 0 radical (unpaired) electrons. The molecule has 0 bridgehead atoms. The van der Waals surface area contributed by atoms with Crippen LogP contribution in [0.5, 0.6) is 0 Å². The molecule has 0 aliphatic heterocycles. The minimum atomic E-state index is 0.922. The van der Waals surface area contributed by atoms with Crippen LogP contribution in [0.1, 0.15) is 61.7 Å². The lowest BCUT2D eigenvalue weighted by atomic mass is 9.99. The van der Waals surface area contributed by atoms with Gasteiger partial charge in [0.15, 0.2) is 0 Å². The van der Waals surface area contributed by atoms with E-state index in [9.17, 15) is 0 Å². The second kappa shape index (κ2) is 15.8. The zero-order valence-corrected chi connectivity index (χ0v) is 30.5. The number of rotatable bonds is 11. The van der Waals surface area contributed by atoms with Gasteiger partial charge in [0.2, 0.25) is 0 Å². The van der Waals surface area contributed by atoms with Gasteiger partial charge in [-0.05, 0) is 127 Å². The Balaban J connectivity index is 1.22. The van der Waals surface area contributed by atoms with Crippen molar-refractivity contribution in [2.45, 2.75) is 40.0 Å². The summed E-state index contributed by atoms with van der Waals surface area (Å²) in [5.74, 6) is 0. The van der Waals surface area contributed by atoms with Crippen LogP contribution in [0, 0.1) is 0 Å². The van der Waals surface area contributed by atoms with E-state index in [0.29, 0.717) is 0 Å². The largest absolute Gasteiger partial charge is 0.315 e. The van der Waals surface area contributed by atoms with E-state index in [1.165, 1.54) is 50.2 Å². The van der Waals surface area contributed by atoms with Gasteiger partial charge in [0.25, 0.3) is 0 Å². The van der Waals surface area contributed by atoms with Crippen LogP contribution in [0.15, 0.2) is 170 Å². The molecule has 0 N–H and O–H groups in total. The number of fused-ring (bicyclic) bond motifs is 1. The van der Waals surface area contributed by atoms with Crippen molar-refractivity contribution in [2.75, 3.05) is 4.90 Å². The number of hydrogen-bond acceptors (Lipinski definition) is 1. The molecule has 0 amide bonds. The zero-order valence-electron chi connectivity index (χ0n) is 30.5. The highest BCUT2D eigenvalue weighted by molar-refractivity contribution is 5.77. The van der Waals surface area contributed by atoms with Crippen LogP contribution in [0.4, 0.5) is 11.4 Å². The third-order valence-electron chi connectivity index (χ3n) is 9.98. The molecule has 7 rings (SSSR count). The molecule has 256 valence electrons. The molecule has 2 heteroatoms. The van der Waals surface area contributed by atoms with Crippen molar-refractivity contribution in [1.29, 1.82) is 0 Å². The maximum atomic E-state index is 4.20. The average molecular weight is 675 g/mol. The molecule has 2 nitrogen and oxygen atoms in total. The fourth-order valence-electron chi connectivity index (χ4n) is 7.33.